The zero-order chi connectivity index (χ0) is 13.5. The van der Waals surface area contributed by atoms with E-state index >= 15 is 0 Å². The van der Waals surface area contributed by atoms with Crippen LogP contribution in [0.25, 0.3) is 31.3 Å². The number of benzene rings is 3. The summed E-state index contributed by atoms with van der Waals surface area (Å²) in [5, 5.41) is 2.54. The van der Waals surface area contributed by atoms with Gasteiger partial charge in [0.05, 0.1) is 4.70 Å². The molecule has 0 aliphatic heterocycles. The predicted molar refractivity (Wildman–Crippen MR) is 89.2 cm³/mol. The Morgan fingerprint density at radius 1 is 0.700 bits per heavy atom. The van der Waals surface area contributed by atoms with Crippen LogP contribution < -0.4 is 5.73 Å². The van der Waals surface area contributed by atoms with Gasteiger partial charge in [0.2, 0.25) is 0 Å². The number of hydrogen-bond acceptors (Lipinski definition) is 2. The molecule has 0 atom stereocenters. The topological polar surface area (TPSA) is 26.0 Å². The van der Waals surface area contributed by atoms with Gasteiger partial charge in [0.1, 0.15) is 0 Å². The van der Waals surface area contributed by atoms with E-state index < -0.39 is 0 Å². The van der Waals surface area contributed by atoms with Crippen LogP contribution in [0.1, 0.15) is 0 Å². The number of thiophene rings is 1. The molecule has 0 unspecified atom stereocenters. The molecule has 1 nitrogen and oxygen atoms in total. The van der Waals surface area contributed by atoms with E-state index in [2.05, 4.69) is 48.5 Å². The molecular formula is C18H13NS. The van der Waals surface area contributed by atoms with Crippen molar-refractivity contribution < 1.29 is 0 Å². The van der Waals surface area contributed by atoms with Gasteiger partial charge in [0.25, 0.3) is 0 Å². The lowest BCUT2D eigenvalue weighted by Gasteiger charge is -2.01. The van der Waals surface area contributed by atoms with Gasteiger partial charge in [0, 0.05) is 21.2 Å². The van der Waals surface area contributed by atoms with E-state index in [1.165, 1.54) is 31.3 Å². The quantitative estimate of drug-likeness (QED) is 0.468. The maximum absolute atomic E-state index is 6.08. The van der Waals surface area contributed by atoms with Crippen molar-refractivity contribution in [1.82, 2.24) is 0 Å². The summed E-state index contributed by atoms with van der Waals surface area (Å²) in [6, 6.07) is 23.3. The standard InChI is InChI=1S/C18H13NS/c19-16-8-4-7-14-15-11-13(12-5-2-1-3-6-12)9-10-17(15)20-18(14)16/h1-11H,19H2. The minimum absolute atomic E-state index is 0.866. The van der Waals surface area contributed by atoms with Crippen LogP contribution in [0.2, 0.25) is 0 Å². The largest absolute Gasteiger partial charge is 0.398 e. The lowest BCUT2D eigenvalue weighted by Crippen LogP contribution is -1.82. The SMILES string of the molecule is Nc1cccc2c1sc1ccc(-c3ccccc3)cc12. The van der Waals surface area contributed by atoms with Gasteiger partial charge >= 0.3 is 0 Å². The van der Waals surface area contributed by atoms with Crippen LogP contribution in [0.15, 0.2) is 66.7 Å². The molecule has 4 rings (SSSR count). The number of anilines is 1. The minimum Gasteiger partial charge on any atom is -0.398 e. The number of hydrogen-bond donors (Lipinski definition) is 1. The van der Waals surface area contributed by atoms with Crippen molar-refractivity contribution in [3.63, 3.8) is 0 Å². The highest BCUT2D eigenvalue weighted by molar-refractivity contribution is 7.26. The molecule has 2 N–H and O–H groups in total. The molecule has 20 heavy (non-hydrogen) atoms. The third-order valence-corrected chi connectivity index (χ3v) is 4.87. The number of nitrogens with two attached hydrogens (primary N) is 1. The van der Waals surface area contributed by atoms with Crippen molar-refractivity contribution in [3.05, 3.63) is 66.7 Å². The maximum atomic E-state index is 6.08. The van der Waals surface area contributed by atoms with E-state index in [0.717, 1.165) is 5.69 Å². The summed E-state index contributed by atoms with van der Waals surface area (Å²) < 4.78 is 2.48. The monoisotopic (exact) mass is 275 g/mol. The highest BCUT2D eigenvalue weighted by atomic mass is 32.1. The van der Waals surface area contributed by atoms with Gasteiger partial charge in [0.15, 0.2) is 0 Å². The second-order valence-electron chi connectivity index (χ2n) is 4.90. The maximum Gasteiger partial charge on any atom is 0.0584 e. The summed E-state index contributed by atoms with van der Waals surface area (Å²) in [4.78, 5) is 0. The molecule has 0 aliphatic rings. The van der Waals surface area contributed by atoms with Gasteiger partial charge in [-0.25, -0.2) is 0 Å². The summed E-state index contributed by atoms with van der Waals surface area (Å²) in [6.07, 6.45) is 0. The molecule has 0 spiro atoms. The Bertz CT molecular complexity index is 907. The number of fused-ring (bicyclic) bond motifs is 3. The fourth-order valence-electron chi connectivity index (χ4n) is 2.63. The van der Waals surface area contributed by atoms with Crippen LogP contribution in [0.3, 0.4) is 0 Å². The summed E-state index contributed by atoms with van der Waals surface area (Å²) >= 11 is 1.77. The van der Waals surface area contributed by atoms with Crippen LogP contribution in [0.5, 0.6) is 0 Å². The minimum atomic E-state index is 0.866. The molecule has 4 aromatic rings. The molecule has 0 saturated heterocycles. The molecule has 1 aromatic heterocycles. The molecule has 0 fully saturated rings. The van der Waals surface area contributed by atoms with Gasteiger partial charge in [-0.1, -0.05) is 48.5 Å². The Morgan fingerprint density at radius 3 is 2.40 bits per heavy atom. The third kappa shape index (κ3) is 1.69. The van der Waals surface area contributed by atoms with Crippen molar-refractivity contribution in [3.8, 4) is 11.1 Å². The Hall–Kier alpha value is -2.32. The number of rotatable bonds is 1. The zero-order valence-electron chi connectivity index (χ0n) is 10.8. The first-order valence-electron chi connectivity index (χ1n) is 6.59. The summed E-state index contributed by atoms with van der Waals surface area (Å²) in [6.45, 7) is 0. The van der Waals surface area contributed by atoms with Crippen LogP contribution >= 0.6 is 11.3 Å². The fraction of sp³-hybridized carbons (Fsp3) is 0. The second kappa shape index (κ2) is 4.36. The molecule has 0 amide bonds. The molecule has 0 aliphatic carbocycles. The Labute approximate surface area is 121 Å². The molecule has 1 heterocycles. The Balaban J connectivity index is 2.04. The lowest BCUT2D eigenvalue weighted by molar-refractivity contribution is 1.66. The van der Waals surface area contributed by atoms with Crippen LogP contribution in [0.4, 0.5) is 5.69 Å². The molecule has 0 saturated carbocycles. The molecule has 0 bridgehead atoms. The van der Waals surface area contributed by atoms with Gasteiger partial charge in [-0.15, -0.1) is 11.3 Å². The zero-order valence-corrected chi connectivity index (χ0v) is 11.7. The number of nitrogen functional groups attached to an aromatic ring is 1. The Morgan fingerprint density at radius 2 is 1.55 bits per heavy atom. The van der Waals surface area contributed by atoms with Crippen molar-refractivity contribution in [2.24, 2.45) is 0 Å². The van der Waals surface area contributed by atoms with E-state index in [0.29, 0.717) is 0 Å². The van der Waals surface area contributed by atoms with Gasteiger partial charge in [-0.3, -0.25) is 0 Å². The van der Waals surface area contributed by atoms with Crippen molar-refractivity contribution in [1.29, 1.82) is 0 Å². The van der Waals surface area contributed by atoms with E-state index in [1.54, 1.807) is 11.3 Å². The predicted octanol–water partition coefficient (Wildman–Crippen LogP) is 5.30. The van der Waals surface area contributed by atoms with Crippen molar-refractivity contribution >= 4 is 37.2 Å². The first-order valence-corrected chi connectivity index (χ1v) is 7.41. The summed E-state index contributed by atoms with van der Waals surface area (Å²) in [7, 11) is 0. The van der Waals surface area contributed by atoms with Crippen molar-refractivity contribution in [2.45, 2.75) is 0 Å². The fourth-order valence-corrected chi connectivity index (χ4v) is 3.74. The average molecular weight is 275 g/mol. The van der Waals surface area contributed by atoms with E-state index in [-0.39, 0.29) is 0 Å². The first kappa shape index (κ1) is 11.5. The van der Waals surface area contributed by atoms with Gasteiger partial charge < -0.3 is 5.73 Å². The summed E-state index contributed by atoms with van der Waals surface area (Å²) in [5.74, 6) is 0. The van der Waals surface area contributed by atoms with Crippen LogP contribution in [-0.4, -0.2) is 0 Å². The van der Waals surface area contributed by atoms with E-state index in [4.69, 9.17) is 5.73 Å². The molecule has 2 heteroatoms. The smallest absolute Gasteiger partial charge is 0.0584 e. The molecule has 3 aromatic carbocycles. The van der Waals surface area contributed by atoms with Crippen LogP contribution in [-0.2, 0) is 0 Å². The third-order valence-electron chi connectivity index (χ3n) is 3.63. The lowest BCUT2D eigenvalue weighted by atomic mass is 10.0. The second-order valence-corrected chi connectivity index (χ2v) is 5.96. The van der Waals surface area contributed by atoms with Crippen LogP contribution in [0, 0.1) is 0 Å². The first-order chi connectivity index (χ1) is 9.83. The summed E-state index contributed by atoms with van der Waals surface area (Å²) in [5.41, 5.74) is 9.44. The highest BCUT2D eigenvalue weighted by Gasteiger charge is 2.08. The Kier molecular flexibility index (Phi) is 2.51. The molecular weight excluding hydrogens is 262 g/mol. The van der Waals surface area contributed by atoms with E-state index in [9.17, 15) is 0 Å². The normalized spacial score (nSPS) is 11.2. The molecule has 96 valence electrons. The van der Waals surface area contributed by atoms with Crippen molar-refractivity contribution in [2.75, 3.05) is 5.73 Å². The highest BCUT2D eigenvalue weighted by Crippen LogP contribution is 2.38. The van der Waals surface area contributed by atoms with E-state index in [1.807, 2.05) is 18.2 Å². The average Bonchev–Trinajstić information content (AvgIpc) is 2.88. The molecule has 0 radical (unpaired) electrons. The van der Waals surface area contributed by atoms with Gasteiger partial charge in [-0.2, -0.15) is 0 Å². The van der Waals surface area contributed by atoms with Gasteiger partial charge in [-0.05, 0) is 29.3 Å².